The van der Waals surface area contributed by atoms with Crippen LogP contribution in [0.5, 0.6) is 0 Å². The van der Waals surface area contributed by atoms with Crippen molar-refractivity contribution in [1.82, 2.24) is 34.4 Å². The van der Waals surface area contributed by atoms with E-state index in [1.165, 1.54) is 19.2 Å². The van der Waals surface area contributed by atoms with Crippen LogP contribution in [0.15, 0.2) is 24.8 Å². The van der Waals surface area contributed by atoms with E-state index < -0.39 is 12.0 Å². The summed E-state index contributed by atoms with van der Waals surface area (Å²) in [5.74, 6) is 1.35. The molecule has 1 saturated carbocycles. The molecule has 3 aliphatic rings. The van der Waals surface area contributed by atoms with Crippen LogP contribution in [0.1, 0.15) is 64.6 Å². The molecule has 0 amide bonds. The van der Waals surface area contributed by atoms with E-state index in [0.29, 0.717) is 35.0 Å². The van der Waals surface area contributed by atoms with Crippen LogP contribution in [0.2, 0.25) is 5.02 Å². The third-order valence-corrected chi connectivity index (χ3v) is 9.53. The average molecular weight is 595 g/mol. The number of nitrogen functional groups attached to an aromatic ring is 1. The summed E-state index contributed by atoms with van der Waals surface area (Å²) in [6.45, 7) is 11.2. The first-order valence-corrected chi connectivity index (χ1v) is 15.3. The highest BCUT2D eigenvalue weighted by Gasteiger charge is 2.56. The van der Waals surface area contributed by atoms with Gasteiger partial charge in [0.25, 0.3) is 0 Å². The maximum absolute atomic E-state index is 6.70. The minimum absolute atomic E-state index is 0.161. The standard InChI is InChI=1S/C30H39ClN8O3/c1-15(2)38(18-9-17(10-18)6-7-23-36-20-8-16(3)19(31)11-21(20)37-23)12-22-25-26(42-30(4,5)41-25)29(40-22)39-14-35-24-27(32)33-13-34-28(24)39/h8,11,13-15,17-18,22,25-26,29H,6-7,9-10,12H2,1-5H3,(H,36,37)(H2,32,33,34)/t17-,18+,22-,25-,26-,29-/m1/s1. The number of halogens is 1. The molecule has 0 bridgehead atoms. The molecule has 3 fully saturated rings. The number of aromatic amines is 1. The number of hydrogen-bond acceptors (Lipinski definition) is 9. The van der Waals surface area contributed by atoms with E-state index in [4.69, 9.17) is 36.5 Å². The molecule has 2 saturated heterocycles. The topological polar surface area (TPSA) is 129 Å². The van der Waals surface area contributed by atoms with Crippen molar-refractivity contribution in [3.8, 4) is 0 Å². The quantitative estimate of drug-likeness (QED) is 0.296. The molecule has 2 aliphatic heterocycles. The number of hydrogen-bond donors (Lipinski definition) is 2. The van der Waals surface area contributed by atoms with Crippen molar-refractivity contribution in [2.75, 3.05) is 12.3 Å². The fourth-order valence-corrected chi connectivity index (χ4v) is 7.09. The van der Waals surface area contributed by atoms with E-state index in [0.717, 1.165) is 46.8 Å². The number of benzene rings is 1. The fraction of sp³-hybridized carbons (Fsp3) is 0.600. The lowest BCUT2D eigenvalue weighted by molar-refractivity contribution is -0.199. The van der Waals surface area contributed by atoms with E-state index in [9.17, 15) is 0 Å². The van der Waals surface area contributed by atoms with Crippen molar-refractivity contribution in [3.63, 3.8) is 0 Å². The van der Waals surface area contributed by atoms with Crippen molar-refractivity contribution in [3.05, 3.63) is 41.2 Å². The van der Waals surface area contributed by atoms with E-state index in [1.54, 1.807) is 6.33 Å². The van der Waals surface area contributed by atoms with Crippen LogP contribution < -0.4 is 5.73 Å². The molecule has 12 heteroatoms. The number of ether oxygens (including phenoxy) is 3. The first-order valence-electron chi connectivity index (χ1n) is 14.9. The maximum atomic E-state index is 6.70. The zero-order chi connectivity index (χ0) is 29.3. The van der Waals surface area contributed by atoms with Gasteiger partial charge in [-0.2, -0.15) is 0 Å². The predicted octanol–water partition coefficient (Wildman–Crippen LogP) is 4.79. The van der Waals surface area contributed by atoms with Crippen LogP contribution >= 0.6 is 11.6 Å². The van der Waals surface area contributed by atoms with Gasteiger partial charge >= 0.3 is 0 Å². The Morgan fingerprint density at radius 2 is 1.95 bits per heavy atom. The molecule has 11 nitrogen and oxygen atoms in total. The molecule has 3 N–H and O–H groups in total. The van der Waals surface area contributed by atoms with Crippen LogP contribution in [0.4, 0.5) is 5.82 Å². The van der Waals surface area contributed by atoms with Gasteiger partial charge in [-0.25, -0.2) is 19.9 Å². The Hall–Kier alpha value is -2.83. The Labute approximate surface area is 250 Å². The molecule has 42 heavy (non-hydrogen) atoms. The van der Waals surface area contributed by atoms with Crippen LogP contribution in [0.3, 0.4) is 0 Å². The molecule has 4 atom stereocenters. The number of H-pyrrole nitrogens is 1. The van der Waals surface area contributed by atoms with E-state index in [1.807, 2.05) is 31.4 Å². The second-order valence-corrected chi connectivity index (χ2v) is 13.2. The van der Waals surface area contributed by atoms with Crippen LogP contribution in [-0.4, -0.2) is 77.1 Å². The van der Waals surface area contributed by atoms with Crippen LogP contribution in [0.25, 0.3) is 22.2 Å². The molecule has 224 valence electrons. The van der Waals surface area contributed by atoms with Gasteiger partial charge in [0.15, 0.2) is 23.5 Å². The van der Waals surface area contributed by atoms with Gasteiger partial charge in [-0.1, -0.05) is 11.6 Å². The minimum atomic E-state index is -0.703. The normalized spacial score (nSPS) is 28.8. The second-order valence-electron chi connectivity index (χ2n) is 12.8. The van der Waals surface area contributed by atoms with Gasteiger partial charge < -0.3 is 24.9 Å². The summed E-state index contributed by atoms with van der Waals surface area (Å²) < 4.78 is 21.4. The number of nitrogens with one attached hydrogen (secondary N) is 1. The number of nitrogens with zero attached hydrogens (tertiary/aromatic N) is 6. The summed E-state index contributed by atoms with van der Waals surface area (Å²) >= 11 is 6.30. The van der Waals surface area contributed by atoms with E-state index in [2.05, 4.69) is 44.7 Å². The number of anilines is 1. The Morgan fingerprint density at radius 3 is 2.74 bits per heavy atom. The number of aromatic nitrogens is 6. The van der Waals surface area contributed by atoms with Gasteiger partial charge in [0.1, 0.15) is 36.0 Å². The highest BCUT2D eigenvalue weighted by molar-refractivity contribution is 6.32. The maximum Gasteiger partial charge on any atom is 0.167 e. The molecular weight excluding hydrogens is 556 g/mol. The third-order valence-electron chi connectivity index (χ3n) is 9.12. The highest BCUT2D eigenvalue weighted by atomic mass is 35.5. The highest BCUT2D eigenvalue weighted by Crippen LogP contribution is 2.45. The van der Waals surface area contributed by atoms with Gasteiger partial charge in [0.05, 0.1) is 17.4 Å². The zero-order valence-corrected chi connectivity index (χ0v) is 25.5. The summed E-state index contributed by atoms with van der Waals surface area (Å²) in [7, 11) is 0. The van der Waals surface area contributed by atoms with Gasteiger partial charge in [-0.3, -0.25) is 9.47 Å². The SMILES string of the molecule is Cc1cc2[nH]c(CC[C@H]3C[C@@H](N(C[C@H]4O[C@@H](n5cnc6c(N)ncnc65)[C@@H]5OC(C)(C)O[C@@H]54)C(C)C)C3)nc2cc1Cl. The lowest BCUT2D eigenvalue weighted by Crippen LogP contribution is -2.52. The van der Waals surface area contributed by atoms with Crippen molar-refractivity contribution >= 4 is 39.6 Å². The van der Waals surface area contributed by atoms with Gasteiger partial charge in [0, 0.05) is 30.1 Å². The lowest BCUT2D eigenvalue weighted by Gasteiger charge is -2.46. The molecule has 4 aromatic rings. The van der Waals surface area contributed by atoms with Gasteiger partial charge in [-0.15, -0.1) is 0 Å². The largest absolute Gasteiger partial charge is 0.382 e. The Morgan fingerprint density at radius 1 is 1.17 bits per heavy atom. The Balaban J connectivity index is 1.02. The summed E-state index contributed by atoms with van der Waals surface area (Å²) in [6.07, 6.45) is 6.47. The summed E-state index contributed by atoms with van der Waals surface area (Å²) in [4.78, 5) is 23.8. The zero-order valence-electron chi connectivity index (χ0n) is 24.7. The van der Waals surface area contributed by atoms with Crippen LogP contribution in [0, 0.1) is 12.8 Å². The smallest absolute Gasteiger partial charge is 0.167 e. The number of fused-ring (bicyclic) bond motifs is 3. The summed E-state index contributed by atoms with van der Waals surface area (Å²) in [5.41, 5.74) is 10.3. The van der Waals surface area contributed by atoms with E-state index in [-0.39, 0.29) is 18.3 Å². The lowest BCUT2D eigenvalue weighted by atomic mass is 9.76. The molecule has 5 heterocycles. The first kappa shape index (κ1) is 28.0. The van der Waals surface area contributed by atoms with Gasteiger partial charge in [-0.05, 0) is 77.5 Å². The molecule has 3 aromatic heterocycles. The van der Waals surface area contributed by atoms with E-state index >= 15 is 0 Å². The van der Waals surface area contributed by atoms with Crippen molar-refractivity contribution in [2.45, 2.75) is 103 Å². The monoisotopic (exact) mass is 594 g/mol. The summed E-state index contributed by atoms with van der Waals surface area (Å²) in [6, 6.07) is 4.90. The predicted molar refractivity (Wildman–Crippen MR) is 160 cm³/mol. The first-order chi connectivity index (χ1) is 20.1. The number of rotatable bonds is 8. The fourth-order valence-electron chi connectivity index (χ4n) is 6.93. The number of imidazole rings is 2. The molecule has 7 rings (SSSR count). The molecule has 1 aliphatic carbocycles. The van der Waals surface area contributed by atoms with Crippen molar-refractivity contribution in [2.24, 2.45) is 5.92 Å². The minimum Gasteiger partial charge on any atom is -0.382 e. The Kier molecular flexibility index (Phi) is 6.93. The second kappa shape index (κ2) is 10.4. The third kappa shape index (κ3) is 4.94. The van der Waals surface area contributed by atoms with Gasteiger partial charge in [0.2, 0.25) is 0 Å². The molecular formula is C30H39ClN8O3. The number of aryl methyl sites for hydroxylation is 2. The number of nitrogens with two attached hydrogens (primary N) is 1. The summed E-state index contributed by atoms with van der Waals surface area (Å²) in [5, 5.41) is 0.759. The van der Waals surface area contributed by atoms with Crippen molar-refractivity contribution in [1.29, 1.82) is 0 Å². The Bertz CT molecular complexity index is 1570. The van der Waals surface area contributed by atoms with Crippen LogP contribution in [-0.2, 0) is 20.6 Å². The molecule has 1 aromatic carbocycles. The van der Waals surface area contributed by atoms with Crippen molar-refractivity contribution < 1.29 is 14.2 Å². The molecule has 0 unspecified atom stereocenters. The molecule has 0 spiro atoms. The average Bonchev–Trinajstić information content (AvgIpc) is 3.65. The molecule has 0 radical (unpaired) electrons.